The zero-order chi connectivity index (χ0) is 28.0. The van der Waals surface area contributed by atoms with Gasteiger partial charge < -0.3 is 4.74 Å². The Labute approximate surface area is 230 Å². The van der Waals surface area contributed by atoms with Crippen molar-refractivity contribution in [3.05, 3.63) is 105 Å². The summed E-state index contributed by atoms with van der Waals surface area (Å²) < 4.78 is 22.1. The van der Waals surface area contributed by atoms with Crippen LogP contribution in [0, 0.1) is 19.7 Å². The van der Waals surface area contributed by atoms with Gasteiger partial charge in [0.1, 0.15) is 18.1 Å². The molecule has 1 aliphatic carbocycles. The number of ether oxygens (including phenoxy) is 1. The molecule has 204 valence electrons. The Bertz CT molecular complexity index is 1690. The molecule has 0 saturated heterocycles. The molecule has 1 aliphatic heterocycles. The first-order chi connectivity index (χ1) is 19.3. The first-order valence-electron chi connectivity index (χ1n) is 13.3. The topological polar surface area (TPSA) is 94.6 Å². The number of aromatic nitrogens is 4. The molecule has 0 spiro atoms. The molecule has 2 aromatic carbocycles. The number of nitrogens with zero attached hydrogens (tertiary/aromatic N) is 6. The third-order valence-corrected chi connectivity index (χ3v) is 7.50. The molecule has 2 aromatic heterocycles. The first kappa shape index (κ1) is 25.7. The molecule has 0 saturated carbocycles. The highest BCUT2D eigenvalue weighted by atomic mass is 19.1. The second kappa shape index (κ2) is 10.2. The Kier molecular flexibility index (Phi) is 6.53. The molecule has 1 amide bonds. The average Bonchev–Trinajstić information content (AvgIpc) is 3.69. The molecule has 0 fully saturated rings. The maximum atomic E-state index is 14.0. The molecule has 1 unspecified atom stereocenters. The molecular formula is C30H29FN6O3. The van der Waals surface area contributed by atoms with Crippen LogP contribution in [0.25, 0.3) is 5.95 Å². The summed E-state index contributed by atoms with van der Waals surface area (Å²) in [5, 5.41) is 10.7. The van der Waals surface area contributed by atoms with E-state index < -0.39 is 6.04 Å². The van der Waals surface area contributed by atoms with Gasteiger partial charge in [-0.2, -0.15) is 10.2 Å². The van der Waals surface area contributed by atoms with Gasteiger partial charge in [0.15, 0.2) is 0 Å². The summed E-state index contributed by atoms with van der Waals surface area (Å²) in [6, 6.07) is 15.0. The summed E-state index contributed by atoms with van der Waals surface area (Å²) >= 11 is 0. The van der Waals surface area contributed by atoms with Crippen molar-refractivity contribution in [3.8, 4) is 11.7 Å². The van der Waals surface area contributed by atoms with Gasteiger partial charge >= 0.3 is 0 Å². The number of halogens is 1. The van der Waals surface area contributed by atoms with Crippen LogP contribution in [0.2, 0.25) is 0 Å². The first-order valence-corrected chi connectivity index (χ1v) is 13.3. The molecule has 6 rings (SSSR count). The molecule has 9 nitrogen and oxygen atoms in total. The normalized spacial score (nSPS) is 16.2. The van der Waals surface area contributed by atoms with E-state index in [1.807, 2.05) is 44.2 Å². The van der Waals surface area contributed by atoms with E-state index in [1.165, 1.54) is 21.7 Å². The molecule has 10 heteroatoms. The second-order valence-corrected chi connectivity index (χ2v) is 10.2. The van der Waals surface area contributed by atoms with Crippen LogP contribution in [0.5, 0.6) is 5.75 Å². The van der Waals surface area contributed by atoms with Crippen LogP contribution < -0.4 is 10.3 Å². The Morgan fingerprint density at radius 1 is 1.07 bits per heavy atom. The predicted octanol–water partition coefficient (Wildman–Crippen LogP) is 4.06. The summed E-state index contributed by atoms with van der Waals surface area (Å²) in [4.78, 5) is 32.5. The molecule has 1 atom stereocenters. The Hall–Kier alpha value is -4.60. The fraction of sp³-hybridized carbons (Fsp3) is 0.300. The minimum atomic E-state index is -0.458. The molecule has 40 heavy (non-hydrogen) atoms. The minimum Gasteiger partial charge on any atom is -0.497 e. The fourth-order valence-electron chi connectivity index (χ4n) is 5.50. The number of hydrazone groups is 1. The van der Waals surface area contributed by atoms with Crippen molar-refractivity contribution in [1.29, 1.82) is 0 Å². The Balaban J connectivity index is 1.41. The smallest absolute Gasteiger partial charge is 0.263 e. The Morgan fingerprint density at radius 3 is 2.50 bits per heavy atom. The number of amides is 1. The van der Waals surface area contributed by atoms with E-state index in [2.05, 4.69) is 5.10 Å². The highest BCUT2D eigenvalue weighted by molar-refractivity contribution is 6.03. The quantitative estimate of drug-likeness (QED) is 0.368. The number of hydrogen-bond acceptors (Lipinski definition) is 6. The van der Waals surface area contributed by atoms with Gasteiger partial charge in [-0.15, -0.1) is 0 Å². The van der Waals surface area contributed by atoms with Crippen molar-refractivity contribution < 1.29 is 13.9 Å². The van der Waals surface area contributed by atoms with E-state index in [-0.39, 0.29) is 23.8 Å². The lowest BCUT2D eigenvalue weighted by Crippen LogP contribution is -2.37. The number of fused-ring (bicyclic) bond motifs is 1. The van der Waals surface area contributed by atoms with Crippen molar-refractivity contribution in [1.82, 2.24) is 24.3 Å². The van der Waals surface area contributed by atoms with Crippen LogP contribution in [0.3, 0.4) is 0 Å². The number of methoxy groups -OCH3 is 1. The van der Waals surface area contributed by atoms with E-state index in [1.54, 1.807) is 23.9 Å². The largest absolute Gasteiger partial charge is 0.497 e. The molecule has 4 aromatic rings. The van der Waals surface area contributed by atoms with Crippen LogP contribution in [-0.4, -0.2) is 43.1 Å². The SMILES string of the molecule is COc1ccc(C2=NN(C(=O)Cn3c(-n4nc(C)cc4C)nc4c(c3=O)CCC4)C(c3ccc(F)cc3)C2)cc1. The molecule has 0 N–H and O–H groups in total. The zero-order valence-corrected chi connectivity index (χ0v) is 22.6. The van der Waals surface area contributed by atoms with E-state index in [4.69, 9.17) is 14.8 Å². The molecular weight excluding hydrogens is 511 g/mol. The van der Waals surface area contributed by atoms with Gasteiger partial charge in [0.2, 0.25) is 5.95 Å². The van der Waals surface area contributed by atoms with Crippen molar-refractivity contribution in [2.45, 2.75) is 52.1 Å². The van der Waals surface area contributed by atoms with Gasteiger partial charge in [-0.1, -0.05) is 12.1 Å². The number of aryl methyl sites for hydroxylation is 3. The van der Waals surface area contributed by atoms with Crippen LogP contribution in [0.1, 0.15) is 52.7 Å². The lowest BCUT2D eigenvalue weighted by atomic mass is 9.98. The number of carbonyl (C=O) groups is 1. The summed E-state index contributed by atoms with van der Waals surface area (Å²) in [5.74, 6) is 0.302. The maximum Gasteiger partial charge on any atom is 0.263 e. The number of rotatable bonds is 6. The van der Waals surface area contributed by atoms with Crippen LogP contribution in [0.4, 0.5) is 4.39 Å². The summed E-state index contributed by atoms with van der Waals surface area (Å²) in [5.41, 5.74) is 5.10. The van der Waals surface area contributed by atoms with Crippen molar-refractivity contribution in [2.75, 3.05) is 7.11 Å². The highest BCUT2D eigenvalue weighted by Crippen LogP contribution is 2.33. The molecule has 0 radical (unpaired) electrons. The third-order valence-electron chi connectivity index (χ3n) is 7.50. The number of hydrogen-bond donors (Lipinski definition) is 0. The van der Waals surface area contributed by atoms with E-state index in [0.717, 1.165) is 41.1 Å². The van der Waals surface area contributed by atoms with Gasteiger partial charge in [-0.05, 0) is 86.7 Å². The van der Waals surface area contributed by atoms with Gasteiger partial charge in [0, 0.05) is 17.7 Å². The lowest BCUT2D eigenvalue weighted by Gasteiger charge is -2.23. The Morgan fingerprint density at radius 2 is 1.82 bits per heavy atom. The average molecular weight is 541 g/mol. The van der Waals surface area contributed by atoms with Crippen LogP contribution in [0.15, 0.2) is 64.5 Å². The van der Waals surface area contributed by atoms with Crippen molar-refractivity contribution >= 4 is 11.6 Å². The summed E-state index contributed by atoms with van der Waals surface area (Å²) in [7, 11) is 1.60. The molecule has 2 aliphatic rings. The van der Waals surface area contributed by atoms with Crippen molar-refractivity contribution in [3.63, 3.8) is 0 Å². The summed E-state index contributed by atoms with van der Waals surface area (Å²) in [6.07, 6.45) is 2.64. The summed E-state index contributed by atoms with van der Waals surface area (Å²) in [6.45, 7) is 3.50. The lowest BCUT2D eigenvalue weighted by molar-refractivity contribution is -0.133. The predicted molar refractivity (Wildman–Crippen MR) is 147 cm³/mol. The minimum absolute atomic E-state index is 0.227. The molecule has 0 bridgehead atoms. The van der Waals surface area contributed by atoms with Crippen molar-refractivity contribution in [2.24, 2.45) is 5.10 Å². The molecule has 3 heterocycles. The second-order valence-electron chi connectivity index (χ2n) is 10.2. The highest BCUT2D eigenvalue weighted by Gasteiger charge is 2.34. The van der Waals surface area contributed by atoms with Crippen LogP contribution in [-0.2, 0) is 24.2 Å². The van der Waals surface area contributed by atoms with Gasteiger partial charge in [-0.25, -0.2) is 19.1 Å². The van der Waals surface area contributed by atoms with Gasteiger partial charge in [0.05, 0.1) is 30.3 Å². The standard InChI is InChI=1S/C30H29FN6O3/c1-18-15-19(2)36(33-18)30-32-25-6-4-5-24(25)29(39)35(30)17-28(38)37-27(21-7-11-22(31)12-8-21)16-26(34-37)20-9-13-23(40-3)14-10-20/h7-15,27H,4-6,16-17H2,1-3H3. The van der Waals surface area contributed by atoms with E-state index in [9.17, 15) is 14.0 Å². The van der Waals surface area contributed by atoms with E-state index in [0.29, 0.717) is 35.8 Å². The zero-order valence-electron chi connectivity index (χ0n) is 22.6. The van der Waals surface area contributed by atoms with Crippen LogP contribution >= 0.6 is 0 Å². The monoisotopic (exact) mass is 540 g/mol. The van der Waals surface area contributed by atoms with E-state index >= 15 is 0 Å². The number of benzene rings is 2. The third kappa shape index (κ3) is 4.59. The van der Waals surface area contributed by atoms with Gasteiger partial charge in [-0.3, -0.25) is 14.2 Å². The van der Waals surface area contributed by atoms with Gasteiger partial charge in [0.25, 0.3) is 11.5 Å². The maximum absolute atomic E-state index is 14.0. The number of carbonyl (C=O) groups excluding carboxylic acids is 1. The fourth-order valence-corrected chi connectivity index (χ4v) is 5.50.